The van der Waals surface area contributed by atoms with Gasteiger partial charge in [0.1, 0.15) is 0 Å². The first kappa shape index (κ1) is 71.7. The Hall–Kier alpha value is -8.56. The molecule has 3 unspecified atom stereocenters. The summed E-state index contributed by atoms with van der Waals surface area (Å²) in [5.41, 5.74) is 3.06. The summed E-state index contributed by atoms with van der Waals surface area (Å²) in [5, 5.41) is 3.76. The molecule has 0 bridgehead atoms. The molecule has 0 saturated heterocycles. The SMILES string of the molecule is C=Cc1cccc(N(c2ccc(C(C(C)C)C3CC3)cc2)c2ccc(C(C=C)(CC)C(CC)(C(/C=C\CN(c3ccc(C(c4ccc(N(c5cccc6ccccc56)[C@@H]5CC[C@@H]5C(C)(CC)CC)cc4)(C(F)(F)F)C(F)(F)F)cc3)c3cccc4ccccc34)=C/CC)C(C)C)cc2)c1. The molecule has 2 aliphatic carbocycles. The van der Waals surface area contributed by atoms with Gasteiger partial charge in [0.2, 0.25) is 5.41 Å². The third kappa shape index (κ3) is 13.1. The zero-order chi connectivity index (χ0) is 70.7. The lowest BCUT2D eigenvalue weighted by molar-refractivity contribution is -0.288. The molecule has 11 rings (SSSR count). The average molecular weight is 1340 g/mol. The van der Waals surface area contributed by atoms with Gasteiger partial charge in [-0.25, -0.2) is 0 Å². The molecule has 0 amide bonds. The van der Waals surface area contributed by atoms with Crippen LogP contribution in [-0.2, 0) is 10.8 Å². The van der Waals surface area contributed by atoms with Crippen molar-refractivity contribution >= 4 is 67.4 Å². The van der Waals surface area contributed by atoms with Crippen molar-refractivity contribution in [2.45, 2.75) is 162 Å². The molecule has 9 aromatic carbocycles. The maximum atomic E-state index is 16.3. The molecule has 2 aliphatic rings. The largest absolute Gasteiger partial charge is 0.411 e. The number of allylic oxidation sites excluding steroid dienone is 4. The second-order valence-electron chi connectivity index (χ2n) is 28.8. The third-order valence-corrected chi connectivity index (χ3v) is 23.4. The first-order valence-corrected chi connectivity index (χ1v) is 36.2. The summed E-state index contributed by atoms with van der Waals surface area (Å²) in [6.45, 7) is 31.6. The fourth-order valence-corrected chi connectivity index (χ4v) is 17.6. The molecule has 9 aromatic rings. The van der Waals surface area contributed by atoms with E-state index in [4.69, 9.17) is 0 Å². The number of benzene rings is 9. The second-order valence-corrected chi connectivity index (χ2v) is 28.8. The Balaban J connectivity index is 0.962. The Bertz CT molecular complexity index is 4280. The fraction of sp³-hybridized carbons (Fsp3) is 0.356. The number of hydrogen-bond acceptors (Lipinski definition) is 3. The van der Waals surface area contributed by atoms with Crippen LogP contribution in [0.1, 0.15) is 161 Å². The van der Waals surface area contributed by atoms with Gasteiger partial charge in [-0.15, -0.1) is 6.58 Å². The van der Waals surface area contributed by atoms with Crippen LogP contribution in [0.15, 0.2) is 249 Å². The minimum atomic E-state index is -5.80. The highest BCUT2D eigenvalue weighted by atomic mass is 19.4. The van der Waals surface area contributed by atoms with Crippen molar-refractivity contribution in [3.05, 3.63) is 277 Å². The molecule has 516 valence electrons. The van der Waals surface area contributed by atoms with Gasteiger partial charge < -0.3 is 14.7 Å². The van der Waals surface area contributed by atoms with E-state index in [0.29, 0.717) is 23.2 Å². The number of hydrogen-bond donors (Lipinski definition) is 0. The first-order valence-electron chi connectivity index (χ1n) is 36.2. The molecule has 0 spiro atoms. The predicted molar refractivity (Wildman–Crippen MR) is 407 cm³/mol. The number of halogens is 6. The van der Waals surface area contributed by atoms with Crippen LogP contribution in [-0.4, -0.2) is 24.9 Å². The third-order valence-electron chi connectivity index (χ3n) is 23.4. The minimum absolute atomic E-state index is 0.0173. The Labute approximate surface area is 585 Å². The number of fused-ring (bicyclic) bond motifs is 2. The molecule has 0 heterocycles. The van der Waals surface area contributed by atoms with Crippen molar-refractivity contribution in [2.24, 2.45) is 34.5 Å². The van der Waals surface area contributed by atoms with Crippen LogP contribution in [0.4, 0.5) is 66.2 Å². The van der Waals surface area contributed by atoms with E-state index < -0.39 is 39.7 Å². The van der Waals surface area contributed by atoms with Crippen molar-refractivity contribution < 1.29 is 26.3 Å². The molecule has 5 atom stereocenters. The molecule has 2 saturated carbocycles. The molecule has 0 radical (unpaired) electrons. The number of rotatable bonds is 28. The van der Waals surface area contributed by atoms with E-state index in [1.165, 1.54) is 42.7 Å². The smallest absolute Gasteiger partial charge is 0.338 e. The van der Waals surface area contributed by atoms with Gasteiger partial charge in [0.25, 0.3) is 0 Å². The molecule has 0 N–H and O–H groups in total. The normalized spacial score (nSPS) is 17.1. The van der Waals surface area contributed by atoms with Gasteiger partial charge in [-0.2, -0.15) is 26.3 Å². The van der Waals surface area contributed by atoms with Crippen molar-refractivity contribution in [1.82, 2.24) is 0 Å². The van der Waals surface area contributed by atoms with Gasteiger partial charge in [0.05, 0.1) is 0 Å². The summed E-state index contributed by atoms with van der Waals surface area (Å²) in [6, 6.07) is 64.3. The van der Waals surface area contributed by atoms with E-state index in [1.54, 1.807) is 0 Å². The lowest BCUT2D eigenvalue weighted by Gasteiger charge is -2.53. The van der Waals surface area contributed by atoms with Crippen LogP contribution in [0.3, 0.4) is 0 Å². The summed E-state index contributed by atoms with van der Waals surface area (Å²) < 4.78 is 98.0. The number of nitrogens with zero attached hydrogens (tertiary/aromatic N) is 3. The highest BCUT2D eigenvalue weighted by Crippen LogP contribution is 2.60. The monoisotopic (exact) mass is 1340 g/mol. The molecule has 9 heteroatoms. The van der Waals surface area contributed by atoms with Crippen LogP contribution >= 0.6 is 0 Å². The quantitative estimate of drug-likeness (QED) is 0.0275. The molecular formula is C90H99F6N3. The number of alkyl halides is 6. The lowest BCUT2D eigenvalue weighted by Crippen LogP contribution is -2.54. The molecule has 99 heavy (non-hydrogen) atoms. The van der Waals surface area contributed by atoms with Gasteiger partial charge >= 0.3 is 12.4 Å². The summed E-state index contributed by atoms with van der Waals surface area (Å²) in [5.74, 6) is 2.16. The van der Waals surface area contributed by atoms with Crippen LogP contribution in [0.5, 0.6) is 0 Å². The topological polar surface area (TPSA) is 9.72 Å². The highest BCUT2D eigenvalue weighted by molar-refractivity contribution is 5.97. The van der Waals surface area contributed by atoms with Crippen molar-refractivity contribution in [3.8, 4) is 0 Å². The minimum Gasteiger partial charge on any atom is -0.338 e. The van der Waals surface area contributed by atoms with Crippen molar-refractivity contribution in [1.29, 1.82) is 0 Å². The molecule has 3 nitrogen and oxygen atoms in total. The Morgan fingerprint density at radius 1 is 0.525 bits per heavy atom. The number of anilines is 7. The van der Waals surface area contributed by atoms with Crippen molar-refractivity contribution in [3.63, 3.8) is 0 Å². The Morgan fingerprint density at radius 2 is 1.04 bits per heavy atom. The lowest BCUT2D eigenvalue weighted by atomic mass is 9.50. The van der Waals surface area contributed by atoms with Crippen LogP contribution in [0.25, 0.3) is 27.6 Å². The standard InChI is InChI=1S/C90H99F6N3/c1-13-28-70(87(19-7,63(10)11)86(17-5,18-6)69-44-54-75(55-45-69)98(77-35-24-29-64(14-2)61-77)74-50-42-68(43-51-74)84(62(8)9)67-40-41-67)34-27-60-97(81-38-25-32-65-30-20-22-36-78(65)81)73-52-46-71(47-53-73)88(89(91,92)93,90(94,95)96)72-48-56-76(57-49-72)99(83-59-58-80(83)85(12,15-3)16-4)82-39-26-33-66-31-21-23-37-79(66)82/h14,17,20-39,42-57,61-63,67,80,83-84H,2,5,13,15-16,18-19,40-41,58-60H2,1,3-4,6-12H3/b34-27-,70-28+/t80-,83+,84?,86?,87?/m0/s1. The summed E-state index contributed by atoms with van der Waals surface area (Å²) in [7, 11) is 0. The summed E-state index contributed by atoms with van der Waals surface area (Å²) in [4.78, 5) is 6.49. The van der Waals surface area contributed by atoms with E-state index in [1.807, 2.05) is 95.9 Å². The summed E-state index contributed by atoms with van der Waals surface area (Å²) >= 11 is 0. The van der Waals surface area contributed by atoms with E-state index in [0.717, 1.165) is 142 Å². The Morgan fingerprint density at radius 3 is 1.53 bits per heavy atom. The maximum Gasteiger partial charge on any atom is 0.411 e. The van der Waals surface area contributed by atoms with Crippen LogP contribution < -0.4 is 14.7 Å². The average Bonchev–Trinajstić information content (AvgIpc) is 1.52. The zero-order valence-electron chi connectivity index (χ0n) is 59.6. The van der Waals surface area contributed by atoms with Crippen LogP contribution in [0, 0.1) is 34.5 Å². The molecule has 0 aliphatic heterocycles. The Kier molecular flexibility index (Phi) is 21.2. The molecule has 2 fully saturated rings. The van der Waals surface area contributed by atoms with Gasteiger partial charge in [-0.3, -0.25) is 0 Å². The fourth-order valence-electron chi connectivity index (χ4n) is 17.6. The van der Waals surface area contributed by atoms with Gasteiger partial charge in [0, 0.05) is 74.0 Å². The zero-order valence-corrected chi connectivity index (χ0v) is 59.6. The van der Waals surface area contributed by atoms with Crippen molar-refractivity contribution in [2.75, 3.05) is 21.2 Å². The van der Waals surface area contributed by atoms with E-state index in [9.17, 15) is 0 Å². The maximum absolute atomic E-state index is 16.3. The molecule has 0 aromatic heterocycles. The molecular weight excluding hydrogens is 1240 g/mol. The summed E-state index contributed by atoms with van der Waals surface area (Å²) in [6.07, 6.45) is 7.52. The van der Waals surface area contributed by atoms with E-state index in [-0.39, 0.29) is 29.8 Å². The van der Waals surface area contributed by atoms with Gasteiger partial charge in [-0.1, -0.05) is 252 Å². The van der Waals surface area contributed by atoms with Crippen LogP contribution in [0.2, 0.25) is 0 Å². The first-order chi connectivity index (χ1) is 47.5. The van der Waals surface area contributed by atoms with Gasteiger partial charge in [0.15, 0.2) is 0 Å². The predicted octanol–water partition coefficient (Wildman–Crippen LogP) is 27.0. The second kappa shape index (κ2) is 29.3. The van der Waals surface area contributed by atoms with E-state index in [2.05, 4.69) is 189 Å². The van der Waals surface area contributed by atoms with Gasteiger partial charge in [-0.05, 0) is 197 Å². The highest BCUT2D eigenvalue weighted by Gasteiger charge is 2.72. The van der Waals surface area contributed by atoms with E-state index >= 15 is 26.3 Å².